The lowest BCUT2D eigenvalue weighted by atomic mass is 9.97. The van der Waals surface area contributed by atoms with Crippen LogP contribution >= 0.6 is 0 Å². The number of halogens is 4. The maximum atomic E-state index is 14.2. The van der Waals surface area contributed by atoms with E-state index < -0.39 is 35.5 Å². The first-order chi connectivity index (χ1) is 15.6. The second kappa shape index (κ2) is 8.78. The molecule has 2 atom stereocenters. The van der Waals surface area contributed by atoms with Gasteiger partial charge in [0.15, 0.2) is 0 Å². The summed E-state index contributed by atoms with van der Waals surface area (Å²) in [5.41, 5.74) is 0.215. The second-order valence-corrected chi connectivity index (χ2v) is 8.76. The van der Waals surface area contributed by atoms with E-state index in [1.165, 1.54) is 24.3 Å². The monoisotopic (exact) mass is 464 g/mol. The van der Waals surface area contributed by atoms with Crippen LogP contribution in [0.25, 0.3) is 0 Å². The van der Waals surface area contributed by atoms with Gasteiger partial charge in [0.2, 0.25) is 5.91 Å². The number of nitrogens with zero attached hydrogens (tertiary/aromatic N) is 1. The molecule has 2 aromatic rings. The number of carboxylic acid groups (broad SMARTS) is 1. The number of carboxylic acids is 1. The molecule has 4 rings (SSSR count). The minimum atomic E-state index is -4.42. The summed E-state index contributed by atoms with van der Waals surface area (Å²) in [5.74, 6) is -1.37. The number of alkyl halides is 4. The molecule has 1 saturated carbocycles. The maximum Gasteiger partial charge on any atom is 0.416 e. The molecule has 1 aliphatic heterocycles. The minimum absolute atomic E-state index is 0.0144. The lowest BCUT2D eigenvalue weighted by Gasteiger charge is -2.37. The number of nitrogens with one attached hydrogen (secondary N) is 1. The van der Waals surface area contributed by atoms with Crippen molar-refractivity contribution < 1.29 is 32.3 Å². The van der Waals surface area contributed by atoms with Crippen LogP contribution in [0, 0.1) is 0 Å². The first-order valence-corrected chi connectivity index (χ1v) is 10.8. The molecule has 0 spiro atoms. The molecule has 9 heteroatoms. The van der Waals surface area contributed by atoms with Gasteiger partial charge in [0.1, 0.15) is 6.17 Å². The molecule has 1 saturated heterocycles. The molecule has 176 valence electrons. The molecular weight excluding hydrogens is 440 g/mol. The molecule has 1 aliphatic carbocycles. The lowest BCUT2D eigenvalue weighted by Crippen LogP contribution is -2.53. The van der Waals surface area contributed by atoms with Crippen molar-refractivity contribution in [3.8, 4) is 0 Å². The zero-order valence-corrected chi connectivity index (χ0v) is 17.7. The van der Waals surface area contributed by atoms with E-state index in [1.807, 2.05) is 0 Å². The van der Waals surface area contributed by atoms with Crippen LogP contribution in [-0.2, 0) is 23.1 Å². The van der Waals surface area contributed by atoms with Gasteiger partial charge in [-0.1, -0.05) is 24.3 Å². The van der Waals surface area contributed by atoms with Crippen molar-refractivity contribution in [2.75, 3.05) is 6.54 Å². The third-order valence-electron chi connectivity index (χ3n) is 6.42. The van der Waals surface area contributed by atoms with Crippen molar-refractivity contribution in [1.82, 2.24) is 10.2 Å². The van der Waals surface area contributed by atoms with Crippen molar-refractivity contribution in [3.63, 3.8) is 0 Å². The Kier molecular flexibility index (Phi) is 6.18. The molecule has 2 aromatic carbocycles. The third kappa shape index (κ3) is 5.19. The molecule has 2 N–H and O–H groups in total. The van der Waals surface area contributed by atoms with E-state index in [0.717, 1.165) is 17.7 Å². The molecule has 1 heterocycles. The number of hydrogen-bond acceptors (Lipinski definition) is 3. The summed E-state index contributed by atoms with van der Waals surface area (Å²) in [6.45, 7) is 0.559. The van der Waals surface area contributed by atoms with E-state index in [1.54, 1.807) is 17.0 Å². The van der Waals surface area contributed by atoms with Gasteiger partial charge in [0.05, 0.1) is 22.7 Å². The average molecular weight is 464 g/mol. The van der Waals surface area contributed by atoms with Crippen LogP contribution in [0.15, 0.2) is 48.5 Å². The van der Waals surface area contributed by atoms with Crippen LogP contribution in [0.3, 0.4) is 0 Å². The number of amides is 1. The highest BCUT2D eigenvalue weighted by molar-refractivity contribution is 5.87. The van der Waals surface area contributed by atoms with E-state index in [-0.39, 0.29) is 30.9 Å². The van der Waals surface area contributed by atoms with Crippen molar-refractivity contribution in [2.24, 2.45) is 0 Å². The van der Waals surface area contributed by atoms with Gasteiger partial charge >= 0.3 is 12.1 Å². The SMILES string of the molecule is O=C(O)c1ccc(C2(NC(=O)C3CC(F)CCN3Cc3ccc(C(F)(F)F)cc3)CC2)cc1. The Balaban J connectivity index is 1.47. The normalized spacial score (nSPS) is 22.5. The summed E-state index contributed by atoms with van der Waals surface area (Å²) in [7, 11) is 0. The van der Waals surface area contributed by atoms with Gasteiger partial charge in [-0.05, 0) is 54.7 Å². The number of carbonyl (C=O) groups is 2. The molecule has 1 amide bonds. The Labute approximate surface area is 188 Å². The number of benzene rings is 2. The van der Waals surface area contributed by atoms with Crippen molar-refractivity contribution in [2.45, 2.75) is 56.2 Å². The fourth-order valence-electron chi connectivity index (χ4n) is 4.33. The van der Waals surface area contributed by atoms with Crippen LogP contribution in [0.5, 0.6) is 0 Å². The maximum absolute atomic E-state index is 14.2. The van der Waals surface area contributed by atoms with Gasteiger partial charge in [-0.25, -0.2) is 9.18 Å². The smallest absolute Gasteiger partial charge is 0.416 e. The predicted octanol–water partition coefficient (Wildman–Crippen LogP) is 4.51. The van der Waals surface area contributed by atoms with Gasteiger partial charge in [-0.2, -0.15) is 13.2 Å². The standard InChI is InChI=1S/C24H24F4N2O3/c25-19-9-12-30(14-15-1-5-18(6-2-15)24(26,27)28)20(13-19)21(31)29-23(10-11-23)17-7-3-16(4-8-17)22(32)33/h1-8,19-20H,9-14H2,(H,29,31)(H,32,33). The molecule has 5 nitrogen and oxygen atoms in total. The van der Waals surface area contributed by atoms with Crippen LogP contribution in [0.1, 0.15) is 52.7 Å². The largest absolute Gasteiger partial charge is 0.478 e. The van der Waals surface area contributed by atoms with E-state index >= 15 is 0 Å². The summed E-state index contributed by atoms with van der Waals surface area (Å²) in [4.78, 5) is 26.1. The number of hydrogen-bond donors (Lipinski definition) is 2. The van der Waals surface area contributed by atoms with E-state index in [9.17, 15) is 27.2 Å². The van der Waals surface area contributed by atoms with Gasteiger partial charge in [-0.15, -0.1) is 0 Å². The van der Waals surface area contributed by atoms with Crippen LogP contribution in [0.2, 0.25) is 0 Å². The van der Waals surface area contributed by atoms with Crippen molar-refractivity contribution in [1.29, 1.82) is 0 Å². The predicted molar refractivity (Wildman–Crippen MR) is 112 cm³/mol. The number of aromatic carboxylic acids is 1. The first kappa shape index (κ1) is 23.2. The first-order valence-electron chi connectivity index (χ1n) is 10.8. The highest BCUT2D eigenvalue weighted by Gasteiger charge is 2.47. The Morgan fingerprint density at radius 2 is 1.70 bits per heavy atom. The van der Waals surface area contributed by atoms with E-state index in [0.29, 0.717) is 24.9 Å². The molecule has 0 bridgehead atoms. The van der Waals surface area contributed by atoms with E-state index in [2.05, 4.69) is 5.32 Å². The molecule has 0 radical (unpaired) electrons. The Hall–Kier alpha value is -2.94. The highest BCUT2D eigenvalue weighted by atomic mass is 19.4. The van der Waals surface area contributed by atoms with Gasteiger partial charge in [0, 0.05) is 19.5 Å². The van der Waals surface area contributed by atoms with E-state index in [4.69, 9.17) is 5.11 Å². The number of piperidine rings is 1. The fraction of sp³-hybridized carbons (Fsp3) is 0.417. The zero-order chi connectivity index (χ0) is 23.8. The summed E-state index contributed by atoms with van der Waals surface area (Å²) >= 11 is 0. The number of carbonyl (C=O) groups excluding carboxylic acids is 1. The van der Waals surface area contributed by atoms with Crippen LogP contribution < -0.4 is 5.32 Å². The van der Waals surface area contributed by atoms with Crippen molar-refractivity contribution >= 4 is 11.9 Å². The Morgan fingerprint density at radius 1 is 1.06 bits per heavy atom. The van der Waals surface area contributed by atoms with Crippen LogP contribution in [-0.4, -0.2) is 40.6 Å². The summed E-state index contributed by atoms with van der Waals surface area (Å²) in [6, 6.07) is 10.4. The fourth-order valence-corrected chi connectivity index (χ4v) is 4.33. The number of rotatable bonds is 6. The minimum Gasteiger partial charge on any atom is -0.478 e. The molecule has 0 aromatic heterocycles. The Bertz CT molecular complexity index is 1020. The summed E-state index contributed by atoms with van der Waals surface area (Å²) < 4.78 is 52.7. The third-order valence-corrected chi connectivity index (χ3v) is 6.42. The summed E-state index contributed by atoms with van der Waals surface area (Å²) in [5, 5.41) is 12.1. The molecule has 2 fully saturated rings. The molecule has 33 heavy (non-hydrogen) atoms. The van der Waals surface area contributed by atoms with Crippen LogP contribution in [0.4, 0.5) is 17.6 Å². The quantitative estimate of drug-likeness (QED) is 0.618. The van der Waals surface area contributed by atoms with Crippen molar-refractivity contribution in [3.05, 3.63) is 70.8 Å². The zero-order valence-electron chi connectivity index (χ0n) is 17.7. The number of likely N-dealkylation sites (tertiary alicyclic amines) is 1. The highest BCUT2D eigenvalue weighted by Crippen LogP contribution is 2.46. The summed E-state index contributed by atoms with van der Waals surface area (Å²) in [6.07, 6.45) is -3.90. The second-order valence-electron chi connectivity index (χ2n) is 8.76. The van der Waals surface area contributed by atoms with Gasteiger partial charge < -0.3 is 10.4 Å². The van der Waals surface area contributed by atoms with Gasteiger partial charge in [0.25, 0.3) is 0 Å². The molecular formula is C24H24F4N2O3. The average Bonchev–Trinajstić information content (AvgIpc) is 3.55. The topological polar surface area (TPSA) is 69.6 Å². The molecule has 2 unspecified atom stereocenters. The Morgan fingerprint density at radius 3 is 2.24 bits per heavy atom. The molecule has 2 aliphatic rings. The van der Waals surface area contributed by atoms with Gasteiger partial charge in [-0.3, -0.25) is 9.69 Å². The lowest BCUT2D eigenvalue weighted by molar-refractivity contribution is -0.137.